The molecular weight excluding hydrogens is 278 g/mol. The lowest BCUT2D eigenvalue weighted by Gasteiger charge is -2.27. The van der Waals surface area contributed by atoms with Crippen LogP contribution in [0.3, 0.4) is 0 Å². The lowest BCUT2D eigenvalue weighted by molar-refractivity contribution is -0.130. The number of carbonyl (C=O) groups excluding carboxylic acids is 2. The van der Waals surface area contributed by atoms with Crippen molar-refractivity contribution in [3.8, 4) is 0 Å². The Kier molecular flexibility index (Phi) is 4.06. The van der Waals surface area contributed by atoms with Gasteiger partial charge in [0.05, 0.1) is 6.54 Å². The zero-order valence-electron chi connectivity index (χ0n) is 12.3. The maximum absolute atomic E-state index is 12.3. The summed E-state index contributed by atoms with van der Waals surface area (Å²) in [6, 6.07) is 13.9. The van der Waals surface area contributed by atoms with Gasteiger partial charge in [0.15, 0.2) is 0 Å². The van der Waals surface area contributed by atoms with E-state index in [2.05, 4.69) is 28.4 Å². The minimum atomic E-state index is -0.435. The first-order valence-electron chi connectivity index (χ1n) is 7.49. The first kappa shape index (κ1) is 14.5. The molecule has 0 bridgehead atoms. The summed E-state index contributed by atoms with van der Waals surface area (Å²) in [5.74, 6) is -0.698. The van der Waals surface area contributed by atoms with Gasteiger partial charge in [0.2, 0.25) is 11.8 Å². The van der Waals surface area contributed by atoms with Crippen molar-refractivity contribution in [2.24, 2.45) is 5.73 Å². The van der Waals surface area contributed by atoms with Crippen molar-refractivity contribution < 1.29 is 9.59 Å². The summed E-state index contributed by atoms with van der Waals surface area (Å²) in [5, 5.41) is 4.64. The Balaban J connectivity index is 1.92. The number of nitrogens with two attached hydrogens (primary N) is 1. The molecule has 5 nitrogen and oxygen atoms in total. The van der Waals surface area contributed by atoms with E-state index in [1.165, 1.54) is 0 Å². The van der Waals surface area contributed by atoms with E-state index in [0.29, 0.717) is 0 Å². The number of benzene rings is 2. The van der Waals surface area contributed by atoms with Crippen LogP contribution in [-0.2, 0) is 9.59 Å². The van der Waals surface area contributed by atoms with Crippen LogP contribution in [0, 0.1) is 0 Å². The summed E-state index contributed by atoms with van der Waals surface area (Å²) < 4.78 is 0. The second-order valence-corrected chi connectivity index (χ2v) is 5.47. The largest absolute Gasteiger partial charge is 0.359 e. The van der Waals surface area contributed by atoms with Crippen molar-refractivity contribution in [1.82, 2.24) is 5.32 Å². The van der Waals surface area contributed by atoms with Crippen molar-refractivity contribution in [2.45, 2.75) is 18.9 Å². The highest BCUT2D eigenvalue weighted by molar-refractivity contribution is 6.02. The van der Waals surface area contributed by atoms with Crippen LogP contribution in [0.4, 0.5) is 5.69 Å². The molecule has 0 unspecified atom stereocenters. The van der Waals surface area contributed by atoms with E-state index in [1.807, 2.05) is 24.3 Å². The van der Waals surface area contributed by atoms with Gasteiger partial charge in [0.1, 0.15) is 6.04 Å². The SMILES string of the molecule is NCC(=O)NC(=O)[C@@H]1CCCN1c1cccc2ccccc12. The Labute approximate surface area is 129 Å². The van der Waals surface area contributed by atoms with Gasteiger partial charge in [0.25, 0.3) is 0 Å². The number of fused-ring (bicyclic) bond motifs is 1. The normalized spacial score (nSPS) is 17.7. The van der Waals surface area contributed by atoms with Crippen LogP contribution < -0.4 is 16.0 Å². The van der Waals surface area contributed by atoms with E-state index >= 15 is 0 Å². The minimum absolute atomic E-state index is 0.174. The predicted molar refractivity (Wildman–Crippen MR) is 86.5 cm³/mol. The number of amides is 2. The highest BCUT2D eigenvalue weighted by Gasteiger charge is 2.32. The molecule has 1 atom stereocenters. The maximum atomic E-state index is 12.3. The number of hydrogen-bond donors (Lipinski definition) is 2. The number of nitrogens with one attached hydrogen (secondary N) is 1. The number of hydrogen-bond acceptors (Lipinski definition) is 4. The van der Waals surface area contributed by atoms with Crippen LogP contribution in [0.25, 0.3) is 10.8 Å². The molecule has 2 aromatic carbocycles. The molecule has 1 fully saturated rings. The fourth-order valence-corrected chi connectivity index (χ4v) is 3.06. The molecule has 0 radical (unpaired) electrons. The van der Waals surface area contributed by atoms with Gasteiger partial charge in [-0.1, -0.05) is 36.4 Å². The highest BCUT2D eigenvalue weighted by Crippen LogP contribution is 2.32. The second kappa shape index (κ2) is 6.15. The molecule has 0 aromatic heterocycles. The first-order chi connectivity index (χ1) is 10.7. The Morgan fingerprint density at radius 2 is 1.95 bits per heavy atom. The first-order valence-corrected chi connectivity index (χ1v) is 7.49. The Bertz CT molecular complexity index is 709. The summed E-state index contributed by atoms with van der Waals surface area (Å²) in [7, 11) is 0. The summed E-state index contributed by atoms with van der Waals surface area (Å²) in [5.41, 5.74) is 6.30. The predicted octanol–water partition coefficient (Wildman–Crippen LogP) is 1.41. The number of carbonyl (C=O) groups is 2. The number of anilines is 1. The molecule has 22 heavy (non-hydrogen) atoms. The molecule has 0 aliphatic carbocycles. The minimum Gasteiger partial charge on any atom is -0.359 e. The summed E-state index contributed by atoms with van der Waals surface area (Å²) >= 11 is 0. The van der Waals surface area contributed by atoms with E-state index in [9.17, 15) is 9.59 Å². The Morgan fingerprint density at radius 1 is 1.18 bits per heavy atom. The van der Waals surface area contributed by atoms with Crippen LogP contribution in [0.15, 0.2) is 42.5 Å². The summed E-state index contributed by atoms with van der Waals surface area (Å²) in [4.78, 5) is 25.7. The van der Waals surface area contributed by atoms with Gasteiger partial charge >= 0.3 is 0 Å². The average Bonchev–Trinajstić information content (AvgIpc) is 3.03. The molecule has 114 valence electrons. The number of rotatable bonds is 3. The van der Waals surface area contributed by atoms with Crippen molar-refractivity contribution in [3.05, 3.63) is 42.5 Å². The number of nitrogens with zero attached hydrogens (tertiary/aromatic N) is 1. The molecule has 1 aliphatic heterocycles. The van der Waals surface area contributed by atoms with Gasteiger partial charge in [-0.3, -0.25) is 14.9 Å². The molecule has 2 amide bonds. The van der Waals surface area contributed by atoms with E-state index in [4.69, 9.17) is 5.73 Å². The van der Waals surface area contributed by atoms with Gasteiger partial charge in [-0.25, -0.2) is 0 Å². The maximum Gasteiger partial charge on any atom is 0.249 e. The third kappa shape index (κ3) is 2.67. The smallest absolute Gasteiger partial charge is 0.249 e. The third-order valence-electron chi connectivity index (χ3n) is 4.08. The zero-order valence-corrected chi connectivity index (χ0v) is 12.3. The second-order valence-electron chi connectivity index (χ2n) is 5.47. The monoisotopic (exact) mass is 297 g/mol. The van der Waals surface area contributed by atoms with E-state index in [-0.39, 0.29) is 18.5 Å². The average molecular weight is 297 g/mol. The van der Waals surface area contributed by atoms with Gasteiger partial charge in [-0.15, -0.1) is 0 Å². The lowest BCUT2D eigenvalue weighted by Crippen LogP contribution is -2.47. The van der Waals surface area contributed by atoms with E-state index < -0.39 is 5.91 Å². The molecule has 0 saturated carbocycles. The molecule has 1 saturated heterocycles. The summed E-state index contributed by atoms with van der Waals surface area (Å²) in [6.45, 7) is 0.635. The van der Waals surface area contributed by atoms with Gasteiger partial charge in [-0.05, 0) is 24.3 Å². The fraction of sp³-hybridized carbons (Fsp3) is 0.294. The zero-order chi connectivity index (χ0) is 15.5. The molecule has 3 rings (SSSR count). The standard InChI is InChI=1S/C17H19N3O2/c18-11-16(21)19-17(22)15-9-4-10-20(15)14-8-3-6-12-5-1-2-7-13(12)14/h1-3,5-8,15H,4,9-11,18H2,(H,19,21,22)/t15-/m0/s1. The van der Waals surface area contributed by atoms with Crippen LogP contribution in [0.2, 0.25) is 0 Å². The van der Waals surface area contributed by atoms with E-state index in [0.717, 1.165) is 35.8 Å². The number of imide groups is 1. The molecular formula is C17H19N3O2. The fourth-order valence-electron chi connectivity index (χ4n) is 3.06. The lowest BCUT2D eigenvalue weighted by atomic mass is 10.1. The van der Waals surface area contributed by atoms with Crippen LogP contribution in [-0.4, -0.2) is 30.9 Å². The molecule has 0 spiro atoms. The van der Waals surface area contributed by atoms with Gasteiger partial charge < -0.3 is 10.6 Å². The third-order valence-corrected chi connectivity index (χ3v) is 4.08. The molecule has 3 N–H and O–H groups in total. The van der Waals surface area contributed by atoms with Gasteiger partial charge in [-0.2, -0.15) is 0 Å². The molecule has 1 heterocycles. The van der Waals surface area contributed by atoms with Crippen molar-refractivity contribution >= 4 is 28.3 Å². The van der Waals surface area contributed by atoms with Crippen LogP contribution >= 0.6 is 0 Å². The quantitative estimate of drug-likeness (QED) is 0.898. The van der Waals surface area contributed by atoms with Crippen LogP contribution in [0.5, 0.6) is 0 Å². The van der Waals surface area contributed by atoms with Crippen molar-refractivity contribution in [3.63, 3.8) is 0 Å². The Hall–Kier alpha value is -2.40. The molecule has 2 aromatic rings. The Morgan fingerprint density at radius 3 is 2.77 bits per heavy atom. The highest BCUT2D eigenvalue weighted by atomic mass is 16.2. The molecule has 1 aliphatic rings. The molecule has 5 heteroatoms. The van der Waals surface area contributed by atoms with Gasteiger partial charge in [0, 0.05) is 17.6 Å². The topological polar surface area (TPSA) is 75.4 Å². The summed E-state index contributed by atoms with van der Waals surface area (Å²) in [6.07, 6.45) is 1.67. The van der Waals surface area contributed by atoms with Crippen molar-refractivity contribution in [2.75, 3.05) is 18.0 Å². The van der Waals surface area contributed by atoms with Crippen LogP contribution in [0.1, 0.15) is 12.8 Å². The van der Waals surface area contributed by atoms with E-state index in [1.54, 1.807) is 0 Å². The van der Waals surface area contributed by atoms with Crippen molar-refractivity contribution in [1.29, 1.82) is 0 Å².